The highest BCUT2D eigenvalue weighted by Crippen LogP contribution is 2.69. The van der Waals surface area contributed by atoms with Crippen molar-refractivity contribution >= 4 is 17.1 Å². The van der Waals surface area contributed by atoms with Crippen molar-refractivity contribution in [1.82, 2.24) is 0 Å². The topological polar surface area (TPSA) is 3.24 Å². The van der Waals surface area contributed by atoms with Crippen LogP contribution in [0.4, 0.5) is 17.1 Å². The zero-order chi connectivity index (χ0) is 47.8. The largest absolute Gasteiger partial charge is 0.309 e. The molecule has 0 atom stereocenters. The highest BCUT2D eigenvalue weighted by atomic mass is 15.2. The molecule has 5 aliphatic rings. The summed E-state index contributed by atoms with van der Waals surface area (Å²) in [6.07, 6.45) is 0. The van der Waals surface area contributed by atoms with Gasteiger partial charge in [-0.15, -0.1) is 0 Å². The average Bonchev–Trinajstić information content (AvgIpc) is 4.10. The number of rotatable bonds is 4. The first-order valence-corrected chi connectivity index (χ1v) is 25.5. The van der Waals surface area contributed by atoms with E-state index < -0.39 is 5.41 Å². The third kappa shape index (κ3) is 5.06. The summed E-state index contributed by atoms with van der Waals surface area (Å²) in [5, 5.41) is 0. The Hall–Kier alpha value is -8.00. The summed E-state index contributed by atoms with van der Waals surface area (Å²) in [5.74, 6) is 0. The van der Waals surface area contributed by atoms with Crippen LogP contribution in [0, 0.1) is 0 Å². The lowest BCUT2D eigenvalue weighted by molar-refractivity contribution is 0.657. The van der Waals surface area contributed by atoms with Gasteiger partial charge in [0.2, 0.25) is 0 Å². The van der Waals surface area contributed by atoms with Crippen molar-refractivity contribution in [2.24, 2.45) is 0 Å². The van der Waals surface area contributed by atoms with Crippen LogP contribution in [0.15, 0.2) is 212 Å². The van der Waals surface area contributed by atoms with Crippen LogP contribution < -0.4 is 4.90 Å². The Morgan fingerprint density at radius 2 is 0.648 bits per heavy atom. The van der Waals surface area contributed by atoms with Crippen molar-refractivity contribution in [2.75, 3.05) is 4.90 Å². The molecule has 10 aromatic rings. The molecule has 0 N–H and O–H groups in total. The number of nitrogens with zero attached hydrogens (tertiary/aromatic N) is 1. The molecule has 1 spiro atoms. The molecule has 0 radical (unpaired) electrons. The normalized spacial score (nSPS) is 16.2. The molecule has 0 bridgehead atoms. The zero-order valence-corrected chi connectivity index (χ0v) is 41.2. The minimum Gasteiger partial charge on any atom is -0.309 e. The molecular weight excluding hydrogens is 855 g/mol. The lowest BCUT2D eigenvalue weighted by Crippen LogP contribution is -2.27. The van der Waals surface area contributed by atoms with Crippen LogP contribution in [0.1, 0.15) is 97.2 Å². The summed E-state index contributed by atoms with van der Waals surface area (Å²) in [6, 6.07) is 81.7. The van der Waals surface area contributed by atoms with Crippen LogP contribution in [0.25, 0.3) is 66.8 Å². The minimum atomic E-state index is -0.530. The fourth-order valence-corrected chi connectivity index (χ4v) is 14.5. The first-order chi connectivity index (χ1) is 34.5. The first-order valence-electron chi connectivity index (χ1n) is 25.5. The molecule has 0 aliphatic heterocycles. The Bertz CT molecular complexity index is 3820. The Kier molecular flexibility index (Phi) is 7.98. The monoisotopic (exact) mass is 907 g/mol. The fourth-order valence-electron chi connectivity index (χ4n) is 14.5. The molecule has 15 rings (SSSR count). The van der Waals surface area contributed by atoms with E-state index in [1.54, 1.807) is 0 Å². The number of hydrogen-bond acceptors (Lipinski definition) is 1. The number of benzene rings is 10. The molecule has 0 fully saturated rings. The van der Waals surface area contributed by atoms with Gasteiger partial charge in [-0.05, 0) is 142 Å². The molecule has 5 aliphatic carbocycles. The molecule has 0 unspecified atom stereocenters. The standard InChI is InChI=1S/C70H53N/c1-67(2)54-27-15-10-22-46(54)50-35-33-44(39-60(50)67)71(45-34-36-51-47-23-11-16-28-55(47)68(3,4)61(51)40-45)66-64-52-26-14-19-31-59(52)70(57-29-17-12-24-48(57)49-25-13-18-30-58(49)70)63(64)41-62-65(66)53-38-43(42-20-8-7-9-21-42)32-37-56(53)69(62,5)6/h7-41H,1-6H3. The fraction of sp³-hybridized carbons (Fsp3) is 0.143. The molecule has 0 heterocycles. The van der Waals surface area contributed by atoms with E-state index in [1.165, 1.54) is 139 Å². The lowest BCUT2D eigenvalue weighted by atomic mass is 9.69. The van der Waals surface area contributed by atoms with E-state index in [2.05, 4.69) is 259 Å². The van der Waals surface area contributed by atoms with Crippen molar-refractivity contribution in [3.05, 3.63) is 268 Å². The summed E-state index contributed by atoms with van der Waals surface area (Å²) < 4.78 is 0. The molecule has 338 valence electrons. The van der Waals surface area contributed by atoms with Gasteiger partial charge in [-0.1, -0.05) is 224 Å². The first kappa shape index (κ1) is 40.8. The highest BCUT2D eigenvalue weighted by molar-refractivity contribution is 6.09. The van der Waals surface area contributed by atoms with E-state index in [0.717, 1.165) is 0 Å². The van der Waals surface area contributed by atoms with Crippen LogP contribution >= 0.6 is 0 Å². The average molecular weight is 908 g/mol. The van der Waals surface area contributed by atoms with E-state index in [9.17, 15) is 0 Å². The third-order valence-corrected chi connectivity index (χ3v) is 17.9. The summed E-state index contributed by atoms with van der Waals surface area (Å²) >= 11 is 0. The molecular formula is C70H53N. The Morgan fingerprint density at radius 1 is 0.254 bits per heavy atom. The van der Waals surface area contributed by atoms with Crippen LogP contribution in [-0.4, -0.2) is 0 Å². The molecule has 0 amide bonds. The van der Waals surface area contributed by atoms with E-state index >= 15 is 0 Å². The van der Waals surface area contributed by atoms with Crippen LogP contribution in [0.5, 0.6) is 0 Å². The minimum absolute atomic E-state index is 0.192. The van der Waals surface area contributed by atoms with E-state index in [1.807, 2.05) is 0 Å². The van der Waals surface area contributed by atoms with Crippen molar-refractivity contribution in [1.29, 1.82) is 0 Å². The summed E-state index contributed by atoms with van der Waals surface area (Å²) in [6.45, 7) is 14.6. The molecule has 0 saturated carbocycles. The van der Waals surface area contributed by atoms with Crippen molar-refractivity contribution in [2.45, 2.75) is 63.2 Å². The Balaban J connectivity index is 1.12. The second-order valence-electron chi connectivity index (χ2n) is 22.3. The second kappa shape index (κ2) is 13.9. The van der Waals surface area contributed by atoms with Crippen LogP contribution in [0.3, 0.4) is 0 Å². The third-order valence-electron chi connectivity index (χ3n) is 17.9. The number of anilines is 3. The SMILES string of the molecule is CC1(C)c2ccccc2-c2ccc(N(c3ccc4c(c3)C(C)(C)c3ccccc3-4)c3c4c(cc5c3-c3ccccc3C53c5ccccc5-c5ccccc53)C(C)(C)c3ccc(-c5ccccc5)cc3-4)cc21. The van der Waals surface area contributed by atoms with Gasteiger partial charge >= 0.3 is 0 Å². The van der Waals surface area contributed by atoms with Gasteiger partial charge in [-0.3, -0.25) is 0 Å². The predicted octanol–water partition coefficient (Wildman–Crippen LogP) is 18.1. The number of hydrogen-bond donors (Lipinski definition) is 0. The van der Waals surface area contributed by atoms with Gasteiger partial charge in [0, 0.05) is 38.7 Å². The van der Waals surface area contributed by atoms with Gasteiger partial charge in [-0.25, -0.2) is 0 Å². The number of fused-ring (bicyclic) bond motifs is 19. The van der Waals surface area contributed by atoms with Gasteiger partial charge in [-0.2, -0.15) is 0 Å². The molecule has 0 aromatic heterocycles. The van der Waals surface area contributed by atoms with Gasteiger partial charge in [0.25, 0.3) is 0 Å². The van der Waals surface area contributed by atoms with Crippen molar-refractivity contribution < 1.29 is 0 Å². The Morgan fingerprint density at radius 3 is 1.18 bits per heavy atom. The highest BCUT2D eigenvalue weighted by Gasteiger charge is 2.55. The predicted molar refractivity (Wildman–Crippen MR) is 296 cm³/mol. The van der Waals surface area contributed by atoms with Crippen LogP contribution in [-0.2, 0) is 21.7 Å². The van der Waals surface area contributed by atoms with Gasteiger partial charge in [0.15, 0.2) is 0 Å². The maximum Gasteiger partial charge on any atom is 0.0726 e. The molecule has 1 nitrogen and oxygen atoms in total. The van der Waals surface area contributed by atoms with Gasteiger partial charge in [0.1, 0.15) is 0 Å². The maximum absolute atomic E-state index is 2.71. The molecule has 10 aromatic carbocycles. The zero-order valence-electron chi connectivity index (χ0n) is 41.2. The van der Waals surface area contributed by atoms with Crippen molar-refractivity contribution in [3.63, 3.8) is 0 Å². The quantitative estimate of drug-likeness (QED) is 0.170. The molecule has 71 heavy (non-hydrogen) atoms. The second-order valence-corrected chi connectivity index (χ2v) is 22.3. The van der Waals surface area contributed by atoms with Crippen molar-refractivity contribution in [3.8, 4) is 66.8 Å². The molecule has 0 saturated heterocycles. The summed E-state index contributed by atoms with van der Waals surface area (Å²) in [4.78, 5) is 2.71. The summed E-state index contributed by atoms with van der Waals surface area (Å²) in [5.41, 5.74) is 31.7. The van der Waals surface area contributed by atoms with E-state index in [0.29, 0.717) is 0 Å². The summed E-state index contributed by atoms with van der Waals surface area (Å²) in [7, 11) is 0. The Labute approximate surface area is 417 Å². The molecule has 1 heteroatoms. The van der Waals surface area contributed by atoms with Crippen LogP contribution in [0.2, 0.25) is 0 Å². The van der Waals surface area contributed by atoms with E-state index in [4.69, 9.17) is 0 Å². The lowest BCUT2D eigenvalue weighted by Gasteiger charge is -2.35. The smallest absolute Gasteiger partial charge is 0.0726 e. The van der Waals surface area contributed by atoms with E-state index in [-0.39, 0.29) is 16.2 Å². The van der Waals surface area contributed by atoms with Gasteiger partial charge < -0.3 is 4.90 Å². The van der Waals surface area contributed by atoms with Gasteiger partial charge in [0.05, 0.1) is 11.1 Å². The maximum atomic E-state index is 2.71.